The predicted octanol–water partition coefficient (Wildman–Crippen LogP) is 4.47. The van der Waals surface area contributed by atoms with Gasteiger partial charge in [-0.25, -0.2) is 13.2 Å². The van der Waals surface area contributed by atoms with Crippen LogP contribution in [0.15, 0.2) is 90.3 Å². The van der Waals surface area contributed by atoms with E-state index in [1.165, 1.54) is 4.31 Å². The molecule has 0 unspecified atom stereocenters. The zero-order valence-electron chi connectivity index (χ0n) is 23.3. The van der Waals surface area contributed by atoms with Crippen molar-refractivity contribution in [3.8, 4) is 0 Å². The number of aliphatic hydroxyl groups excluding tert-OH is 1. The second-order valence-electron chi connectivity index (χ2n) is 10.3. The molecular weight excluding hydrogens is 526 g/mol. The van der Waals surface area contributed by atoms with E-state index in [2.05, 4.69) is 11.9 Å². The fourth-order valence-corrected chi connectivity index (χ4v) is 5.80. The van der Waals surface area contributed by atoms with Crippen molar-refractivity contribution in [2.24, 2.45) is 11.7 Å². The molecule has 0 saturated heterocycles. The van der Waals surface area contributed by atoms with E-state index < -0.39 is 28.3 Å². The van der Waals surface area contributed by atoms with Crippen LogP contribution in [-0.2, 0) is 27.8 Å². The van der Waals surface area contributed by atoms with E-state index >= 15 is 0 Å². The number of rotatable bonds is 13. The lowest BCUT2D eigenvalue weighted by Crippen LogP contribution is -2.51. The van der Waals surface area contributed by atoms with Crippen molar-refractivity contribution in [2.75, 3.05) is 13.1 Å². The van der Waals surface area contributed by atoms with Gasteiger partial charge in [-0.2, -0.15) is 4.31 Å². The van der Waals surface area contributed by atoms with Gasteiger partial charge in [0.2, 0.25) is 10.0 Å². The molecule has 0 bridgehead atoms. The number of ether oxygens (including phenoxy) is 1. The summed E-state index contributed by atoms with van der Waals surface area (Å²) in [6, 6.07) is 22.3. The number of nitrogens with one attached hydrogen (secondary N) is 1. The highest BCUT2D eigenvalue weighted by Gasteiger charge is 2.31. The maximum Gasteiger partial charge on any atom is 0.407 e. The van der Waals surface area contributed by atoms with Gasteiger partial charge >= 0.3 is 6.09 Å². The molecule has 4 N–H and O–H groups in total. The van der Waals surface area contributed by atoms with Gasteiger partial charge in [-0.15, -0.1) is 0 Å². The summed E-state index contributed by atoms with van der Waals surface area (Å²) < 4.78 is 33.8. The summed E-state index contributed by atoms with van der Waals surface area (Å²) in [5.41, 5.74) is 9.51. The average molecular weight is 566 g/mol. The standard InChI is InChI=1S/C31H39N3O5S/c1-22(2)19-34(40(37,38)28-16-10-23(3)11-17-28)20-30(35)29(18-25-8-6-5-7-9-25)33-31(36)39-21-26-12-14-27(15-13-26)24(4)32/h5-17,22,29-30,35H,4,18-21,32H2,1-3H3,(H,33,36)/t29-,30+/m0/s1. The molecule has 3 aromatic rings. The largest absolute Gasteiger partial charge is 0.445 e. The molecule has 0 aliphatic heterocycles. The van der Waals surface area contributed by atoms with Crippen LogP contribution in [-0.4, -0.2) is 49.2 Å². The molecule has 3 rings (SSSR count). The van der Waals surface area contributed by atoms with Crippen LogP contribution in [0.1, 0.15) is 36.1 Å². The van der Waals surface area contributed by atoms with Crippen LogP contribution in [0.25, 0.3) is 5.70 Å². The Morgan fingerprint density at radius 2 is 1.60 bits per heavy atom. The predicted molar refractivity (Wildman–Crippen MR) is 158 cm³/mol. The third-order valence-electron chi connectivity index (χ3n) is 6.38. The summed E-state index contributed by atoms with van der Waals surface area (Å²) in [5.74, 6) is 0.0146. The number of hydrogen-bond donors (Lipinski definition) is 3. The van der Waals surface area contributed by atoms with Crippen LogP contribution in [0, 0.1) is 12.8 Å². The van der Waals surface area contributed by atoms with Crippen molar-refractivity contribution < 1.29 is 23.1 Å². The number of sulfonamides is 1. The van der Waals surface area contributed by atoms with Crippen molar-refractivity contribution in [3.63, 3.8) is 0 Å². The van der Waals surface area contributed by atoms with Gasteiger partial charge in [0, 0.05) is 18.8 Å². The van der Waals surface area contributed by atoms with Gasteiger partial charge in [0.1, 0.15) is 6.61 Å². The van der Waals surface area contributed by atoms with E-state index in [0.717, 1.165) is 22.3 Å². The minimum absolute atomic E-state index is 0.0125. The molecule has 0 radical (unpaired) electrons. The van der Waals surface area contributed by atoms with Crippen molar-refractivity contribution in [1.82, 2.24) is 9.62 Å². The maximum absolute atomic E-state index is 13.5. The molecule has 1 amide bonds. The molecule has 0 aromatic heterocycles. The number of aliphatic hydroxyl groups is 1. The van der Waals surface area contributed by atoms with Crippen LogP contribution in [0.5, 0.6) is 0 Å². The summed E-state index contributed by atoms with van der Waals surface area (Å²) in [6.45, 7) is 9.44. The topological polar surface area (TPSA) is 122 Å². The van der Waals surface area contributed by atoms with Crippen molar-refractivity contribution in [3.05, 3.63) is 108 Å². The maximum atomic E-state index is 13.5. The number of nitrogens with zero attached hydrogens (tertiary/aromatic N) is 1. The second-order valence-corrected chi connectivity index (χ2v) is 12.3. The number of hydrogen-bond acceptors (Lipinski definition) is 6. The third kappa shape index (κ3) is 8.94. The Labute approximate surface area is 237 Å². The van der Waals surface area contributed by atoms with Gasteiger partial charge in [0.05, 0.1) is 17.0 Å². The Morgan fingerprint density at radius 1 is 0.975 bits per heavy atom. The normalized spacial score (nSPS) is 13.2. The van der Waals surface area contributed by atoms with E-state index in [0.29, 0.717) is 5.70 Å². The minimum Gasteiger partial charge on any atom is -0.445 e. The quantitative estimate of drug-likeness (QED) is 0.281. The molecule has 0 saturated carbocycles. The number of carbonyl (C=O) groups excluding carboxylic acids is 1. The van der Waals surface area contributed by atoms with Gasteiger partial charge in [-0.1, -0.05) is 92.7 Å². The first kappa shape index (κ1) is 30.9. The molecule has 0 spiro atoms. The fourth-order valence-electron chi connectivity index (χ4n) is 4.18. The van der Waals surface area contributed by atoms with Gasteiger partial charge in [-0.3, -0.25) is 0 Å². The number of alkyl carbamates (subject to hydrolysis) is 1. The number of nitrogens with two attached hydrogens (primary N) is 1. The van der Waals surface area contributed by atoms with Crippen LogP contribution < -0.4 is 11.1 Å². The Balaban J connectivity index is 1.77. The lowest BCUT2D eigenvalue weighted by Gasteiger charge is -2.30. The minimum atomic E-state index is -3.88. The van der Waals surface area contributed by atoms with Crippen molar-refractivity contribution in [1.29, 1.82) is 0 Å². The second kappa shape index (κ2) is 14.1. The fraction of sp³-hybridized carbons (Fsp3) is 0.323. The van der Waals surface area contributed by atoms with Crippen molar-refractivity contribution in [2.45, 2.75) is 50.8 Å². The molecule has 40 heavy (non-hydrogen) atoms. The van der Waals surface area contributed by atoms with E-state index in [1.807, 2.05) is 51.1 Å². The van der Waals surface area contributed by atoms with Gasteiger partial charge in [0.15, 0.2) is 0 Å². The Kier molecular flexibility index (Phi) is 10.9. The van der Waals surface area contributed by atoms with Crippen LogP contribution in [0.2, 0.25) is 0 Å². The highest BCUT2D eigenvalue weighted by molar-refractivity contribution is 7.89. The Morgan fingerprint density at radius 3 is 2.17 bits per heavy atom. The van der Waals surface area contributed by atoms with Gasteiger partial charge < -0.3 is 20.9 Å². The zero-order valence-corrected chi connectivity index (χ0v) is 24.1. The molecule has 0 aliphatic rings. The van der Waals surface area contributed by atoms with Gasteiger partial charge in [-0.05, 0) is 48.1 Å². The molecule has 3 aromatic carbocycles. The van der Waals surface area contributed by atoms with E-state index in [-0.39, 0.29) is 36.9 Å². The van der Waals surface area contributed by atoms with Crippen LogP contribution >= 0.6 is 0 Å². The first-order valence-electron chi connectivity index (χ1n) is 13.2. The molecule has 8 nitrogen and oxygen atoms in total. The number of amides is 1. The first-order valence-corrected chi connectivity index (χ1v) is 14.7. The van der Waals surface area contributed by atoms with Crippen LogP contribution in [0.4, 0.5) is 4.79 Å². The molecular formula is C31H39N3O5S. The summed E-state index contributed by atoms with van der Waals surface area (Å²) in [4.78, 5) is 13.0. The lowest BCUT2D eigenvalue weighted by molar-refractivity contribution is 0.0873. The number of aryl methyl sites for hydroxylation is 1. The summed E-state index contributed by atoms with van der Waals surface area (Å²) in [5, 5.41) is 14.1. The summed E-state index contributed by atoms with van der Waals surface area (Å²) >= 11 is 0. The number of benzene rings is 3. The van der Waals surface area contributed by atoms with Crippen LogP contribution in [0.3, 0.4) is 0 Å². The molecule has 214 valence electrons. The van der Waals surface area contributed by atoms with Gasteiger partial charge in [0.25, 0.3) is 0 Å². The van der Waals surface area contributed by atoms with E-state index in [4.69, 9.17) is 10.5 Å². The Hall–Kier alpha value is -3.66. The zero-order chi connectivity index (χ0) is 29.3. The molecule has 0 fully saturated rings. The lowest BCUT2D eigenvalue weighted by atomic mass is 10.0. The molecule has 9 heteroatoms. The smallest absolute Gasteiger partial charge is 0.407 e. The number of carbonyl (C=O) groups is 1. The van der Waals surface area contributed by atoms with E-state index in [9.17, 15) is 18.3 Å². The SMILES string of the molecule is C=C(N)c1ccc(COC(=O)N[C@@H](Cc2ccccc2)[C@H](O)CN(CC(C)C)S(=O)(=O)c2ccc(C)cc2)cc1. The summed E-state index contributed by atoms with van der Waals surface area (Å²) in [7, 11) is -3.88. The third-order valence-corrected chi connectivity index (χ3v) is 8.22. The molecule has 2 atom stereocenters. The monoisotopic (exact) mass is 565 g/mol. The highest BCUT2D eigenvalue weighted by atomic mass is 32.2. The summed E-state index contributed by atoms with van der Waals surface area (Å²) in [6.07, 6.45) is -1.64. The first-order chi connectivity index (χ1) is 19.0. The molecule has 0 aliphatic carbocycles. The van der Waals surface area contributed by atoms with E-state index in [1.54, 1.807) is 48.5 Å². The Bertz CT molecular complexity index is 1360. The average Bonchev–Trinajstić information content (AvgIpc) is 2.92. The van der Waals surface area contributed by atoms with Crippen molar-refractivity contribution >= 4 is 21.8 Å². The highest BCUT2D eigenvalue weighted by Crippen LogP contribution is 2.20. The molecule has 0 heterocycles.